The normalized spacial score (nSPS) is 12.6. The maximum Gasteiger partial charge on any atom is 0.244 e. The maximum atomic E-state index is 11.2. The zero-order valence-corrected chi connectivity index (χ0v) is 10.7. The van der Waals surface area contributed by atoms with E-state index in [1.54, 1.807) is 6.08 Å². The minimum atomic E-state index is -0.428. The molecule has 4 heteroatoms. The van der Waals surface area contributed by atoms with Crippen LogP contribution in [0.2, 0.25) is 0 Å². The average molecular weight is 238 g/mol. The van der Waals surface area contributed by atoms with Crippen LogP contribution in [0.3, 0.4) is 0 Å². The molecule has 0 aliphatic carbocycles. The number of primary amides is 2. The van der Waals surface area contributed by atoms with Gasteiger partial charge in [0.25, 0.3) is 0 Å². The third-order valence-electron chi connectivity index (χ3n) is 2.64. The van der Waals surface area contributed by atoms with Gasteiger partial charge in [-0.1, -0.05) is 25.5 Å². The number of unbranched alkanes of at least 4 members (excludes halogenated alkanes) is 1. The summed E-state index contributed by atoms with van der Waals surface area (Å²) in [6.07, 6.45) is 7.15. The van der Waals surface area contributed by atoms with Crippen LogP contribution >= 0.6 is 0 Å². The fourth-order valence-electron chi connectivity index (χ4n) is 1.77. The van der Waals surface area contributed by atoms with Crippen LogP contribution in [0.4, 0.5) is 0 Å². The van der Waals surface area contributed by atoms with Crippen LogP contribution in [0.1, 0.15) is 46.0 Å². The lowest BCUT2D eigenvalue weighted by atomic mass is 9.97. The summed E-state index contributed by atoms with van der Waals surface area (Å²) in [4.78, 5) is 21.7. The molecule has 4 nitrogen and oxygen atoms in total. The predicted molar refractivity (Wildman–Crippen MR) is 69.0 cm³/mol. The second kappa shape index (κ2) is 8.56. The molecule has 0 aliphatic heterocycles. The van der Waals surface area contributed by atoms with Gasteiger partial charge >= 0.3 is 0 Å². The summed E-state index contributed by atoms with van der Waals surface area (Å²) in [7, 11) is 0. The summed E-state index contributed by atoms with van der Waals surface area (Å²) < 4.78 is 0. The molecule has 0 radical (unpaired) electrons. The second-order valence-electron chi connectivity index (χ2n) is 3.85. The van der Waals surface area contributed by atoms with Crippen molar-refractivity contribution in [1.29, 1.82) is 0 Å². The number of allylic oxidation sites excluding steroid dienone is 2. The van der Waals surface area contributed by atoms with Crippen LogP contribution in [-0.2, 0) is 9.59 Å². The van der Waals surface area contributed by atoms with Gasteiger partial charge in [-0.05, 0) is 38.2 Å². The molecular formula is C13H22N2O2. The summed E-state index contributed by atoms with van der Waals surface area (Å²) in [6.45, 7) is 3.95. The van der Waals surface area contributed by atoms with Gasteiger partial charge in [-0.3, -0.25) is 9.59 Å². The van der Waals surface area contributed by atoms with Crippen molar-refractivity contribution in [3.8, 4) is 0 Å². The molecule has 0 bridgehead atoms. The molecule has 0 aromatic heterocycles. The third kappa shape index (κ3) is 6.56. The van der Waals surface area contributed by atoms with Gasteiger partial charge in [0, 0.05) is 5.57 Å². The SMILES string of the molecule is CCC(CCCC=CC(N)=O)=C(CC)C(N)=O. The molecule has 4 N–H and O–H groups in total. The number of nitrogens with two attached hydrogens (primary N) is 2. The molecule has 0 saturated heterocycles. The molecule has 2 amide bonds. The minimum Gasteiger partial charge on any atom is -0.366 e. The van der Waals surface area contributed by atoms with E-state index in [4.69, 9.17) is 11.5 Å². The fourth-order valence-corrected chi connectivity index (χ4v) is 1.77. The summed E-state index contributed by atoms with van der Waals surface area (Å²) >= 11 is 0. The number of hydrogen-bond donors (Lipinski definition) is 2. The van der Waals surface area contributed by atoms with Crippen molar-refractivity contribution in [2.75, 3.05) is 0 Å². The standard InChI is InChI=1S/C13H22N2O2/c1-3-10(11(4-2)13(15)17)8-6-5-7-9-12(14)16/h7,9H,3-6,8H2,1-2H3,(H2,14,16)(H2,15,17). The molecule has 17 heavy (non-hydrogen) atoms. The highest BCUT2D eigenvalue weighted by Gasteiger charge is 2.08. The third-order valence-corrected chi connectivity index (χ3v) is 2.64. The van der Waals surface area contributed by atoms with E-state index in [2.05, 4.69) is 0 Å². The number of hydrogen-bond acceptors (Lipinski definition) is 2. The molecule has 0 aliphatic rings. The van der Waals surface area contributed by atoms with Gasteiger partial charge in [-0.2, -0.15) is 0 Å². The molecule has 0 fully saturated rings. The van der Waals surface area contributed by atoms with Gasteiger partial charge in [0.15, 0.2) is 0 Å². The number of rotatable bonds is 8. The van der Waals surface area contributed by atoms with Gasteiger partial charge < -0.3 is 11.5 Å². The lowest BCUT2D eigenvalue weighted by Crippen LogP contribution is -2.15. The Kier molecular flexibility index (Phi) is 7.76. The Morgan fingerprint density at radius 3 is 2.18 bits per heavy atom. The van der Waals surface area contributed by atoms with Crippen molar-refractivity contribution in [3.05, 3.63) is 23.3 Å². The first kappa shape index (κ1) is 15.4. The van der Waals surface area contributed by atoms with Crippen LogP contribution in [0.25, 0.3) is 0 Å². The highest BCUT2D eigenvalue weighted by atomic mass is 16.1. The Balaban J connectivity index is 4.32. The summed E-state index contributed by atoms with van der Waals surface area (Å²) in [5.74, 6) is -0.750. The molecule has 0 saturated carbocycles. The Labute approximate surface area is 103 Å². The molecule has 96 valence electrons. The van der Waals surface area contributed by atoms with E-state index in [9.17, 15) is 9.59 Å². The summed E-state index contributed by atoms with van der Waals surface area (Å²) in [5.41, 5.74) is 12.2. The fraction of sp³-hybridized carbons (Fsp3) is 0.538. The van der Waals surface area contributed by atoms with Crippen LogP contribution in [0.5, 0.6) is 0 Å². The molecule has 0 spiro atoms. The van der Waals surface area contributed by atoms with Gasteiger partial charge in [0.05, 0.1) is 0 Å². The van der Waals surface area contributed by atoms with E-state index >= 15 is 0 Å². The van der Waals surface area contributed by atoms with E-state index in [0.29, 0.717) is 6.42 Å². The molecule has 0 heterocycles. The highest BCUT2D eigenvalue weighted by molar-refractivity contribution is 5.92. The van der Waals surface area contributed by atoms with Gasteiger partial charge in [-0.15, -0.1) is 0 Å². The van der Waals surface area contributed by atoms with E-state index in [0.717, 1.165) is 36.8 Å². The molecular weight excluding hydrogens is 216 g/mol. The van der Waals surface area contributed by atoms with Crippen molar-refractivity contribution >= 4 is 11.8 Å². The first-order valence-electron chi connectivity index (χ1n) is 5.99. The van der Waals surface area contributed by atoms with E-state index in [1.165, 1.54) is 6.08 Å². The van der Waals surface area contributed by atoms with Crippen LogP contribution in [0, 0.1) is 0 Å². The monoisotopic (exact) mass is 238 g/mol. The summed E-state index contributed by atoms with van der Waals surface area (Å²) in [6, 6.07) is 0. The molecule has 0 rings (SSSR count). The minimum absolute atomic E-state index is 0.322. The highest BCUT2D eigenvalue weighted by Crippen LogP contribution is 2.18. The Morgan fingerprint density at radius 2 is 1.76 bits per heavy atom. The van der Waals surface area contributed by atoms with Crippen molar-refractivity contribution in [1.82, 2.24) is 0 Å². The van der Waals surface area contributed by atoms with Crippen molar-refractivity contribution in [3.63, 3.8) is 0 Å². The lowest BCUT2D eigenvalue weighted by molar-refractivity contribution is -0.115. The van der Waals surface area contributed by atoms with Crippen LogP contribution in [0.15, 0.2) is 23.3 Å². The topological polar surface area (TPSA) is 86.2 Å². The van der Waals surface area contributed by atoms with Crippen molar-refractivity contribution in [2.45, 2.75) is 46.0 Å². The summed E-state index contributed by atoms with van der Waals surface area (Å²) in [5, 5.41) is 0. The van der Waals surface area contributed by atoms with E-state index in [-0.39, 0.29) is 5.91 Å². The van der Waals surface area contributed by atoms with Gasteiger partial charge in [0.1, 0.15) is 0 Å². The molecule has 0 unspecified atom stereocenters. The van der Waals surface area contributed by atoms with E-state index < -0.39 is 5.91 Å². The smallest absolute Gasteiger partial charge is 0.244 e. The van der Waals surface area contributed by atoms with Crippen molar-refractivity contribution < 1.29 is 9.59 Å². The quantitative estimate of drug-likeness (QED) is 0.499. The first-order chi connectivity index (χ1) is 8.02. The predicted octanol–water partition coefficient (Wildman–Crippen LogP) is 1.80. The Hall–Kier alpha value is -1.58. The van der Waals surface area contributed by atoms with Gasteiger partial charge in [0.2, 0.25) is 11.8 Å². The van der Waals surface area contributed by atoms with Crippen LogP contribution < -0.4 is 11.5 Å². The van der Waals surface area contributed by atoms with Crippen molar-refractivity contribution in [2.24, 2.45) is 11.5 Å². The number of amides is 2. The molecule has 0 aromatic rings. The zero-order valence-electron chi connectivity index (χ0n) is 10.7. The maximum absolute atomic E-state index is 11.2. The molecule has 0 atom stereocenters. The molecule has 0 aromatic carbocycles. The second-order valence-corrected chi connectivity index (χ2v) is 3.85. The average Bonchev–Trinajstić information content (AvgIpc) is 2.26. The first-order valence-corrected chi connectivity index (χ1v) is 5.99. The number of carbonyl (C=O) groups is 2. The van der Waals surface area contributed by atoms with E-state index in [1.807, 2.05) is 13.8 Å². The Bertz CT molecular complexity index is 330. The number of carbonyl (C=O) groups excluding carboxylic acids is 2. The zero-order chi connectivity index (χ0) is 13.3. The van der Waals surface area contributed by atoms with Crippen LogP contribution in [-0.4, -0.2) is 11.8 Å². The Morgan fingerprint density at radius 1 is 1.12 bits per heavy atom. The lowest BCUT2D eigenvalue weighted by Gasteiger charge is -2.09. The largest absolute Gasteiger partial charge is 0.366 e. The van der Waals surface area contributed by atoms with Gasteiger partial charge in [-0.25, -0.2) is 0 Å².